The molecule has 0 unspecified atom stereocenters. The second-order valence-corrected chi connectivity index (χ2v) is 5.53. The quantitative estimate of drug-likeness (QED) is 0.737. The molecule has 1 saturated carbocycles. The van der Waals surface area contributed by atoms with Crippen LogP contribution in [0.4, 0.5) is 0 Å². The zero-order valence-corrected chi connectivity index (χ0v) is 11.6. The van der Waals surface area contributed by atoms with Crippen LogP contribution in [-0.2, 0) is 4.79 Å². The first-order valence-corrected chi connectivity index (χ1v) is 6.67. The Balaban J connectivity index is 2.05. The third kappa shape index (κ3) is 2.01. The lowest BCUT2D eigenvalue weighted by atomic mass is 9.78. The molecule has 2 atom stereocenters. The van der Waals surface area contributed by atoms with E-state index in [1.165, 1.54) is 0 Å². The molecule has 4 nitrogen and oxygen atoms in total. The van der Waals surface area contributed by atoms with Crippen LogP contribution in [-0.4, -0.2) is 11.9 Å². The Labute approximate surface area is 116 Å². The van der Waals surface area contributed by atoms with Gasteiger partial charge < -0.3 is 9.15 Å². The minimum atomic E-state index is -0.458. The molecule has 0 aromatic carbocycles. The van der Waals surface area contributed by atoms with E-state index < -0.39 is 5.63 Å². The number of allylic oxidation sites excluding steroid dienone is 1. The van der Waals surface area contributed by atoms with Crippen LogP contribution in [0.1, 0.15) is 31.1 Å². The highest BCUT2D eigenvalue weighted by Gasteiger charge is 2.37. The first-order chi connectivity index (χ1) is 9.45. The minimum absolute atomic E-state index is 0.0277. The number of fused-ring (bicyclic) bond motifs is 2. The van der Waals surface area contributed by atoms with Gasteiger partial charge in [0.25, 0.3) is 0 Å². The van der Waals surface area contributed by atoms with Crippen LogP contribution < -0.4 is 10.4 Å². The number of hydrogen-bond acceptors (Lipinski definition) is 4. The van der Waals surface area contributed by atoms with Crippen LogP contribution in [0.3, 0.4) is 0 Å². The van der Waals surface area contributed by atoms with Gasteiger partial charge >= 0.3 is 5.63 Å². The van der Waals surface area contributed by atoms with Gasteiger partial charge in [0.2, 0.25) is 0 Å². The van der Waals surface area contributed by atoms with Gasteiger partial charge in [-0.1, -0.05) is 12.2 Å². The lowest BCUT2D eigenvalue weighted by molar-refractivity contribution is -0.118. The van der Waals surface area contributed by atoms with Crippen molar-refractivity contribution in [2.75, 3.05) is 0 Å². The van der Waals surface area contributed by atoms with E-state index in [1.807, 2.05) is 6.92 Å². The van der Waals surface area contributed by atoms with Gasteiger partial charge in [-0.2, -0.15) is 0 Å². The molecule has 2 aliphatic rings. The zero-order chi connectivity index (χ0) is 14.4. The molecular formula is C16H16O4. The second kappa shape index (κ2) is 4.47. The molecule has 1 aliphatic carbocycles. The number of ether oxygens (including phenoxy) is 1. The Kier molecular flexibility index (Phi) is 2.89. The normalized spacial score (nSPS) is 24.3. The van der Waals surface area contributed by atoms with Crippen LogP contribution in [0.2, 0.25) is 0 Å². The van der Waals surface area contributed by atoms with E-state index in [2.05, 4.69) is 6.58 Å². The summed E-state index contributed by atoms with van der Waals surface area (Å²) in [4.78, 5) is 24.0. The van der Waals surface area contributed by atoms with Crippen molar-refractivity contribution in [3.05, 3.63) is 45.5 Å². The maximum absolute atomic E-state index is 12.2. The summed E-state index contributed by atoms with van der Waals surface area (Å²) in [6.45, 7) is 7.57. The Morgan fingerprint density at radius 1 is 1.40 bits per heavy atom. The van der Waals surface area contributed by atoms with Gasteiger partial charge in [-0.15, -0.1) is 0 Å². The number of hydrogen-bond donors (Lipinski definition) is 0. The van der Waals surface area contributed by atoms with Gasteiger partial charge in [0.15, 0.2) is 5.78 Å². The van der Waals surface area contributed by atoms with Crippen molar-refractivity contribution in [2.24, 2.45) is 5.92 Å². The summed E-state index contributed by atoms with van der Waals surface area (Å²) < 4.78 is 10.9. The van der Waals surface area contributed by atoms with Gasteiger partial charge in [0.05, 0.1) is 0 Å². The molecule has 0 spiro atoms. The summed E-state index contributed by atoms with van der Waals surface area (Å²) in [6, 6.07) is 1.69. The van der Waals surface area contributed by atoms with Crippen LogP contribution >= 0.6 is 0 Å². The largest absolute Gasteiger partial charge is 0.485 e. The minimum Gasteiger partial charge on any atom is -0.485 e. The summed E-state index contributed by atoms with van der Waals surface area (Å²) in [7, 11) is 0. The molecule has 1 aliphatic heterocycles. The van der Waals surface area contributed by atoms with Crippen LogP contribution in [0, 0.1) is 12.8 Å². The fraction of sp³-hybridized carbons (Fsp3) is 0.375. The van der Waals surface area contributed by atoms with Gasteiger partial charge in [-0.25, -0.2) is 4.79 Å². The van der Waals surface area contributed by atoms with E-state index in [4.69, 9.17) is 9.15 Å². The molecule has 1 aromatic rings. The van der Waals surface area contributed by atoms with E-state index in [9.17, 15) is 9.59 Å². The summed E-state index contributed by atoms with van der Waals surface area (Å²) >= 11 is 0. The molecular weight excluding hydrogens is 256 g/mol. The average Bonchev–Trinajstić information content (AvgIpc) is 2.36. The van der Waals surface area contributed by atoms with Crippen LogP contribution in [0.5, 0.6) is 5.75 Å². The van der Waals surface area contributed by atoms with Gasteiger partial charge in [-0.3, -0.25) is 4.79 Å². The molecule has 20 heavy (non-hydrogen) atoms. The first-order valence-electron chi connectivity index (χ1n) is 6.67. The third-order valence-corrected chi connectivity index (χ3v) is 3.94. The van der Waals surface area contributed by atoms with Crippen molar-refractivity contribution < 1.29 is 13.9 Å². The lowest BCUT2D eigenvalue weighted by Crippen LogP contribution is -2.36. The van der Waals surface area contributed by atoms with Crippen molar-refractivity contribution >= 4 is 11.9 Å². The lowest BCUT2D eigenvalue weighted by Gasteiger charge is -2.33. The molecule has 3 rings (SSSR count). The fourth-order valence-corrected chi connectivity index (χ4v) is 2.78. The standard InChI is InChI=1S/C16H16O4/c1-8(2)10-5-13(17)11-7-12-14(20-15(11)6-10)4-9(3)19-16(12)18/h4,7,10,15H,1,5-6H2,2-3H3/t10-,15-/m0/s1. The molecule has 0 amide bonds. The number of aryl methyl sites for hydroxylation is 1. The molecule has 1 fully saturated rings. The SMILES string of the molecule is C=C(C)[C@H]1CC(=O)C2=Cc3c(cc(C)oc3=O)O[C@H]2C1. The van der Waals surface area contributed by atoms with E-state index in [0.29, 0.717) is 29.1 Å². The summed E-state index contributed by atoms with van der Waals surface area (Å²) in [6.07, 6.45) is 2.51. The third-order valence-electron chi connectivity index (χ3n) is 3.94. The molecule has 4 heteroatoms. The van der Waals surface area contributed by atoms with Crippen LogP contribution in [0.25, 0.3) is 6.08 Å². The maximum Gasteiger partial charge on any atom is 0.347 e. The molecule has 0 N–H and O–H groups in total. The Bertz CT molecular complexity index is 693. The maximum atomic E-state index is 12.2. The highest BCUT2D eigenvalue weighted by molar-refractivity contribution is 6.02. The average molecular weight is 272 g/mol. The van der Waals surface area contributed by atoms with E-state index in [-0.39, 0.29) is 17.8 Å². The van der Waals surface area contributed by atoms with Crippen molar-refractivity contribution in [1.82, 2.24) is 0 Å². The molecule has 0 radical (unpaired) electrons. The molecule has 2 heterocycles. The zero-order valence-electron chi connectivity index (χ0n) is 11.6. The van der Waals surface area contributed by atoms with Gasteiger partial charge in [0, 0.05) is 18.1 Å². The molecule has 1 aromatic heterocycles. The number of rotatable bonds is 1. The number of ketones is 1. The van der Waals surface area contributed by atoms with Crippen molar-refractivity contribution in [3.63, 3.8) is 0 Å². The smallest absolute Gasteiger partial charge is 0.347 e. The molecule has 0 saturated heterocycles. The van der Waals surface area contributed by atoms with Crippen molar-refractivity contribution in [2.45, 2.75) is 32.8 Å². The second-order valence-electron chi connectivity index (χ2n) is 5.53. The highest BCUT2D eigenvalue weighted by atomic mass is 16.5. The predicted molar refractivity (Wildman–Crippen MR) is 74.7 cm³/mol. The Morgan fingerprint density at radius 2 is 2.15 bits per heavy atom. The van der Waals surface area contributed by atoms with Gasteiger partial charge in [-0.05, 0) is 32.3 Å². The summed E-state index contributed by atoms with van der Waals surface area (Å²) in [5, 5.41) is 0. The van der Waals surface area contributed by atoms with E-state index in [0.717, 1.165) is 12.0 Å². The Hall–Kier alpha value is -2.10. The van der Waals surface area contributed by atoms with Crippen molar-refractivity contribution in [3.8, 4) is 5.75 Å². The summed E-state index contributed by atoms with van der Waals surface area (Å²) in [5.74, 6) is 1.18. The fourth-order valence-electron chi connectivity index (χ4n) is 2.78. The van der Waals surface area contributed by atoms with Crippen molar-refractivity contribution in [1.29, 1.82) is 0 Å². The monoisotopic (exact) mass is 272 g/mol. The van der Waals surface area contributed by atoms with E-state index in [1.54, 1.807) is 19.1 Å². The number of Topliss-reactive ketones (excluding diaryl/α,β-unsaturated/α-hetero) is 1. The number of carbonyl (C=O) groups excluding carboxylic acids is 1. The van der Waals surface area contributed by atoms with Gasteiger partial charge in [0.1, 0.15) is 23.2 Å². The van der Waals surface area contributed by atoms with E-state index >= 15 is 0 Å². The molecule has 0 bridgehead atoms. The predicted octanol–water partition coefficient (Wildman–Crippen LogP) is 2.65. The van der Waals surface area contributed by atoms with Crippen LogP contribution in [0.15, 0.2) is 33.0 Å². The first kappa shape index (κ1) is 12.9. The Morgan fingerprint density at radius 3 is 2.85 bits per heavy atom. The topological polar surface area (TPSA) is 56.5 Å². The highest BCUT2D eigenvalue weighted by Crippen LogP contribution is 2.37. The number of carbonyl (C=O) groups is 1. The molecule has 104 valence electrons. The summed E-state index contributed by atoms with van der Waals surface area (Å²) in [5.41, 5.74) is 1.45.